The van der Waals surface area contributed by atoms with Crippen LogP contribution in [0.2, 0.25) is 0 Å². The molecule has 5 rings (SSSR count). The van der Waals surface area contributed by atoms with Crippen LogP contribution >= 0.6 is 0 Å². The van der Waals surface area contributed by atoms with Crippen LogP contribution in [0.25, 0.3) is 11.1 Å². The zero-order valence-electron chi connectivity index (χ0n) is 15.5. The topological polar surface area (TPSA) is 66.6 Å². The molecule has 2 aromatic carbocycles. The molecule has 2 aliphatic carbocycles. The van der Waals surface area contributed by atoms with E-state index in [0.29, 0.717) is 5.56 Å². The molecule has 0 saturated carbocycles. The third kappa shape index (κ3) is 2.63. The second kappa shape index (κ2) is 6.38. The number of nitriles is 1. The predicted molar refractivity (Wildman–Crippen MR) is 106 cm³/mol. The summed E-state index contributed by atoms with van der Waals surface area (Å²) in [5, 5.41) is 17.2. The van der Waals surface area contributed by atoms with Gasteiger partial charge in [0.15, 0.2) is 5.78 Å². The number of carbonyl (C=O) groups is 1. The zero-order valence-corrected chi connectivity index (χ0v) is 15.5. The first-order chi connectivity index (χ1) is 13.7. The van der Waals surface area contributed by atoms with Gasteiger partial charge in [-0.1, -0.05) is 24.3 Å². The van der Waals surface area contributed by atoms with E-state index in [1.165, 1.54) is 5.56 Å². The molecule has 1 atom stereocenters. The summed E-state index contributed by atoms with van der Waals surface area (Å²) in [6.45, 7) is 0. The number of aromatic nitrogens is 2. The normalized spacial score (nSPS) is 20.3. The smallest absolute Gasteiger partial charge is 0.169 e. The van der Waals surface area contributed by atoms with Crippen LogP contribution < -0.4 is 0 Å². The average Bonchev–Trinajstić information content (AvgIpc) is 2.88. The Morgan fingerprint density at radius 3 is 2.57 bits per heavy atom. The van der Waals surface area contributed by atoms with E-state index in [0.717, 1.165) is 59.9 Å². The van der Waals surface area contributed by atoms with Crippen molar-refractivity contribution in [3.63, 3.8) is 0 Å². The minimum Gasteiger partial charge on any atom is -0.294 e. The number of fused-ring (bicyclic) bond motifs is 2. The van der Waals surface area contributed by atoms with Crippen molar-refractivity contribution in [1.29, 1.82) is 5.26 Å². The molecular weight excluding hydrogens is 346 g/mol. The van der Waals surface area contributed by atoms with Gasteiger partial charge in [-0.25, -0.2) is 0 Å². The van der Waals surface area contributed by atoms with E-state index in [-0.39, 0.29) is 11.2 Å². The number of hydrogen-bond donors (Lipinski definition) is 0. The lowest BCUT2D eigenvalue weighted by molar-refractivity contribution is 0.0804. The molecule has 0 N–H and O–H groups in total. The fourth-order valence-electron chi connectivity index (χ4n) is 4.79. The molecule has 28 heavy (non-hydrogen) atoms. The van der Waals surface area contributed by atoms with Crippen molar-refractivity contribution in [2.24, 2.45) is 5.41 Å². The SMILES string of the molecule is N#Cc1cccc(-c2ccc3c(c2)C(=O)C2(CCCc4cnncc4C2)C3)c1. The third-order valence-corrected chi connectivity index (χ3v) is 6.23. The van der Waals surface area contributed by atoms with E-state index in [1.54, 1.807) is 6.07 Å². The molecule has 3 aromatic rings. The lowest BCUT2D eigenvalue weighted by atomic mass is 9.76. The van der Waals surface area contributed by atoms with Crippen molar-refractivity contribution < 1.29 is 4.79 Å². The van der Waals surface area contributed by atoms with Crippen LogP contribution in [-0.4, -0.2) is 16.0 Å². The van der Waals surface area contributed by atoms with E-state index in [2.05, 4.69) is 28.4 Å². The number of nitrogens with zero attached hydrogens (tertiary/aromatic N) is 3. The summed E-state index contributed by atoms with van der Waals surface area (Å²) in [6.07, 6.45) is 8.07. The first-order valence-corrected chi connectivity index (χ1v) is 9.65. The molecule has 1 unspecified atom stereocenters. The van der Waals surface area contributed by atoms with Gasteiger partial charge >= 0.3 is 0 Å². The fourth-order valence-corrected chi connectivity index (χ4v) is 4.79. The van der Waals surface area contributed by atoms with Crippen LogP contribution in [0.15, 0.2) is 54.9 Å². The Morgan fingerprint density at radius 1 is 0.929 bits per heavy atom. The Labute approximate surface area is 163 Å². The minimum absolute atomic E-state index is 0.255. The monoisotopic (exact) mass is 365 g/mol. The first kappa shape index (κ1) is 16.8. The van der Waals surface area contributed by atoms with Crippen molar-refractivity contribution in [1.82, 2.24) is 10.2 Å². The molecule has 1 aromatic heterocycles. The molecule has 0 radical (unpaired) electrons. The largest absolute Gasteiger partial charge is 0.294 e. The van der Waals surface area contributed by atoms with Crippen LogP contribution in [0.5, 0.6) is 0 Å². The standard InChI is InChI=1S/C24H19N3O/c25-13-16-3-1-4-17(9-16)18-6-7-19-11-24(23(28)22(19)10-18)8-2-5-20-14-26-27-15-21(20)12-24/h1,3-4,6-7,9-10,14-15H,2,5,8,11-12H2. The number of aryl methyl sites for hydroxylation is 1. The first-order valence-electron chi connectivity index (χ1n) is 9.65. The number of ketones is 1. The van der Waals surface area contributed by atoms with Gasteiger partial charge in [-0.2, -0.15) is 15.5 Å². The molecule has 4 nitrogen and oxygen atoms in total. The predicted octanol–water partition coefficient (Wildman–Crippen LogP) is 4.32. The van der Waals surface area contributed by atoms with Gasteiger partial charge in [0.05, 0.1) is 24.0 Å². The Kier molecular flexibility index (Phi) is 3.84. The number of rotatable bonds is 1. The van der Waals surface area contributed by atoms with E-state index in [9.17, 15) is 4.79 Å². The second-order valence-electron chi connectivity index (χ2n) is 7.92. The Bertz CT molecular complexity index is 1140. The Balaban J connectivity index is 1.54. The maximum Gasteiger partial charge on any atom is 0.169 e. The Hall–Kier alpha value is -3.32. The van der Waals surface area contributed by atoms with Crippen molar-refractivity contribution in [2.45, 2.75) is 32.1 Å². The van der Waals surface area contributed by atoms with Crippen LogP contribution in [0.4, 0.5) is 0 Å². The highest BCUT2D eigenvalue weighted by atomic mass is 16.1. The Morgan fingerprint density at radius 2 is 1.71 bits per heavy atom. The van der Waals surface area contributed by atoms with Crippen molar-refractivity contribution in [3.8, 4) is 17.2 Å². The summed E-state index contributed by atoms with van der Waals surface area (Å²) >= 11 is 0. The fraction of sp³-hybridized carbons (Fsp3) is 0.250. The molecular formula is C24H19N3O. The van der Waals surface area contributed by atoms with Gasteiger partial charge in [0.1, 0.15) is 0 Å². The third-order valence-electron chi connectivity index (χ3n) is 6.23. The molecule has 136 valence electrons. The van der Waals surface area contributed by atoms with Crippen LogP contribution in [0.3, 0.4) is 0 Å². The molecule has 0 saturated heterocycles. The second-order valence-corrected chi connectivity index (χ2v) is 7.92. The minimum atomic E-state index is -0.357. The summed E-state index contributed by atoms with van der Waals surface area (Å²) in [5.74, 6) is 0.255. The number of benzene rings is 2. The average molecular weight is 365 g/mol. The van der Waals surface area contributed by atoms with Gasteiger partial charge < -0.3 is 0 Å². The lowest BCUT2D eigenvalue weighted by Gasteiger charge is -2.25. The number of Topliss-reactive ketones (excluding diaryl/α,β-unsaturated/α-hetero) is 1. The van der Waals surface area contributed by atoms with E-state index < -0.39 is 0 Å². The van der Waals surface area contributed by atoms with E-state index >= 15 is 0 Å². The highest BCUT2D eigenvalue weighted by Crippen LogP contribution is 2.46. The molecule has 1 heterocycles. The van der Waals surface area contributed by atoms with Gasteiger partial charge in [-0.15, -0.1) is 0 Å². The molecule has 0 bridgehead atoms. The van der Waals surface area contributed by atoms with E-state index in [1.807, 2.05) is 36.7 Å². The van der Waals surface area contributed by atoms with Crippen LogP contribution in [0.1, 0.15) is 45.5 Å². The number of carbonyl (C=O) groups excluding carboxylic acids is 1. The zero-order chi connectivity index (χ0) is 19.1. The van der Waals surface area contributed by atoms with Gasteiger partial charge in [0.2, 0.25) is 0 Å². The highest BCUT2D eigenvalue weighted by molar-refractivity contribution is 6.06. The summed E-state index contributed by atoms with van der Waals surface area (Å²) < 4.78 is 0. The van der Waals surface area contributed by atoms with Crippen molar-refractivity contribution in [3.05, 3.63) is 82.7 Å². The quantitative estimate of drug-likeness (QED) is 0.644. The summed E-state index contributed by atoms with van der Waals surface area (Å²) in [5.41, 5.74) is 6.59. The summed E-state index contributed by atoms with van der Waals surface area (Å²) in [7, 11) is 0. The molecule has 1 spiro atoms. The van der Waals surface area contributed by atoms with Gasteiger partial charge in [0.25, 0.3) is 0 Å². The summed E-state index contributed by atoms with van der Waals surface area (Å²) in [4.78, 5) is 13.6. The summed E-state index contributed by atoms with van der Waals surface area (Å²) in [6, 6.07) is 15.9. The molecule has 0 aliphatic heterocycles. The maximum absolute atomic E-state index is 13.6. The van der Waals surface area contributed by atoms with Crippen LogP contribution in [0, 0.1) is 16.7 Å². The molecule has 2 aliphatic rings. The molecule has 0 fully saturated rings. The van der Waals surface area contributed by atoms with Gasteiger partial charge in [0, 0.05) is 11.0 Å². The van der Waals surface area contributed by atoms with Crippen LogP contribution in [-0.2, 0) is 19.3 Å². The van der Waals surface area contributed by atoms with Gasteiger partial charge in [-0.3, -0.25) is 4.79 Å². The van der Waals surface area contributed by atoms with E-state index in [4.69, 9.17) is 5.26 Å². The lowest BCUT2D eigenvalue weighted by Crippen LogP contribution is -2.30. The number of hydrogen-bond acceptors (Lipinski definition) is 4. The maximum atomic E-state index is 13.6. The molecule has 4 heteroatoms. The van der Waals surface area contributed by atoms with Crippen molar-refractivity contribution in [2.75, 3.05) is 0 Å². The van der Waals surface area contributed by atoms with Crippen molar-refractivity contribution >= 4 is 5.78 Å². The molecule has 0 amide bonds. The van der Waals surface area contributed by atoms with Gasteiger partial charge in [-0.05, 0) is 78.1 Å². The highest BCUT2D eigenvalue weighted by Gasteiger charge is 2.46.